The summed E-state index contributed by atoms with van der Waals surface area (Å²) in [4.78, 5) is 14.7. The Kier molecular flexibility index (Phi) is 5.30. The lowest BCUT2D eigenvalue weighted by molar-refractivity contribution is 0.102. The Morgan fingerprint density at radius 3 is 2.45 bits per heavy atom. The van der Waals surface area contributed by atoms with Gasteiger partial charge in [-0.05, 0) is 81.7 Å². The van der Waals surface area contributed by atoms with Crippen molar-refractivity contribution in [2.24, 2.45) is 0 Å². The Morgan fingerprint density at radius 1 is 1.03 bits per heavy atom. The molecule has 5 aromatic rings. The fraction of sp³-hybridized carbons (Fsp3) is 0.0800. The van der Waals surface area contributed by atoms with Crippen LogP contribution in [0, 0.1) is 12.7 Å². The second-order valence-corrected chi connectivity index (χ2v) is 8.36. The molecule has 0 saturated carbocycles. The van der Waals surface area contributed by atoms with Crippen molar-refractivity contribution >= 4 is 49.3 Å². The molecule has 6 nitrogen and oxygen atoms in total. The minimum Gasteiger partial charge on any atom is -0.495 e. The smallest absolute Gasteiger partial charge is 0.259 e. The number of aromatic nitrogens is 3. The number of hydrogen-bond donors (Lipinski definition) is 1. The molecule has 0 fully saturated rings. The van der Waals surface area contributed by atoms with Crippen LogP contribution in [0.3, 0.4) is 0 Å². The SMILES string of the molecule is COc1c(C(=O)Nc2cc3nn(-c4ccc(F)cc4)nc3cc2C)cc2ccccc2c1Br. The minimum atomic E-state index is -0.327. The molecule has 33 heavy (non-hydrogen) atoms. The fourth-order valence-corrected chi connectivity index (χ4v) is 4.47. The van der Waals surface area contributed by atoms with Crippen LogP contribution in [0.1, 0.15) is 15.9 Å². The Bertz CT molecular complexity index is 1530. The number of fused-ring (bicyclic) bond motifs is 2. The first-order chi connectivity index (χ1) is 15.9. The average molecular weight is 505 g/mol. The second kappa shape index (κ2) is 8.29. The zero-order valence-corrected chi connectivity index (χ0v) is 19.4. The van der Waals surface area contributed by atoms with Gasteiger partial charge in [-0.25, -0.2) is 4.39 Å². The number of ether oxygens (including phenoxy) is 1. The predicted octanol–water partition coefficient (Wildman–Crippen LogP) is 6.04. The molecule has 1 aromatic heterocycles. The Balaban J connectivity index is 1.52. The molecule has 164 valence electrons. The molecule has 0 radical (unpaired) electrons. The zero-order valence-electron chi connectivity index (χ0n) is 17.8. The van der Waals surface area contributed by atoms with E-state index < -0.39 is 0 Å². The number of benzene rings is 4. The van der Waals surface area contributed by atoms with Gasteiger partial charge in [0, 0.05) is 5.69 Å². The van der Waals surface area contributed by atoms with Crippen molar-refractivity contribution in [2.45, 2.75) is 6.92 Å². The number of carbonyl (C=O) groups is 1. The summed E-state index contributed by atoms with van der Waals surface area (Å²) in [5, 5.41) is 13.8. The molecule has 0 aliphatic heterocycles. The van der Waals surface area contributed by atoms with Gasteiger partial charge in [-0.1, -0.05) is 24.3 Å². The molecule has 0 atom stereocenters. The van der Waals surface area contributed by atoms with Gasteiger partial charge in [-0.2, -0.15) is 4.80 Å². The number of amides is 1. The molecule has 0 spiro atoms. The molecule has 0 aliphatic rings. The fourth-order valence-electron chi connectivity index (χ4n) is 3.73. The number of anilines is 1. The number of nitrogens with one attached hydrogen (secondary N) is 1. The van der Waals surface area contributed by atoms with Crippen LogP contribution in [-0.2, 0) is 0 Å². The van der Waals surface area contributed by atoms with Crippen molar-refractivity contribution in [1.29, 1.82) is 0 Å². The monoisotopic (exact) mass is 504 g/mol. The summed E-state index contributed by atoms with van der Waals surface area (Å²) in [5.74, 6) is -0.161. The molecule has 1 heterocycles. The zero-order chi connectivity index (χ0) is 23.1. The summed E-state index contributed by atoms with van der Waals surface area (Å²) in [6, 6.07) is 19.1. The number of rotatable bonds is 4. The van der Waals surface area contributed by atoms with Gasteiger partial charge in [-0.15, -0.1) is 10.2 Å². The van der Waals surface area contributed by atoms with Gasteiger partial charge in [0.25, 0.3) is 5.91 Å². The molecule has 0 unspecified atom stereocenters. The molecule has 4 aromatic carbocycles. The quantitative estimate of drug-likeness (QED) is 0.323. The van der Waals surface area contributed by atoms with Crippen LogP contribution in [0.25, 0.3) is 27.5 Å². The van der Waals surface area contributed by atoms with E-state index in [4.69, 9.17) is 4.74 Å². The normalized spacial score (nSPS) is 11.2. The van der Waals surface area contributed by atoms with Crippen LogP contribution >= 0.6 is 15.9 Å². The van der Waals surface area contributed by atoms with E-state index in [1.807, 2.05) is 43.3 Å². The molecular weight excluding hydrogens is 487 g/mol. The summed E-state index contributed by atoms with van der Waals surface area (Å²) in [7, 11) is 1.54. The standard InChI is InChI=1S/C25H18BrFN4O2/c1-14-11-21-22(30-31(29-21)17-9-7-16(27)8-10-17)13-20(14)28-25(32)19-12-15-5-3-4-6-18(15)23(26)24(19)33-2/h3-13H,1-2H3,(H,28,32). The highest BCUT2D eigenvalue weighted by Gasteiger charge is 2.19. The van der Waals surface area contributed by atoms with Crippen molar-refractivity contribution in [2.75, 3.05) is 12.4 Å². The first kappa shape index (κ1) is 21.1. The third kappa shape index (κ3) is 3.82. The maximum absolute atomic E-state index is 13.2. The Labute approximate surface area is 197 Å². The van der Waals surface area contributed by atoms with E-state index in [0.29, 0.717) is 33.7 Å². The van der Waals surface area contributed by atoms with Crippen molar-refractivity contribution in [3.05, 3.63) is 88.1 Å². The maximum Gasteiger partial charge on any atom is 0.259 e. The van der Waals surface area contributed by atoms with Crippen molar-refractivity contribution in [3.63, 3.8) is 0 Å². The highest BCUT2D eigenvalue weighted by atomic mass is 79.9. The van der Waals surface area contributed by atoms with E-state index in [2.05, 4.69) is 31.4 Å². The van der Waals surface area contributed by atoms with E-state index in [0.717, 1.165) is 20.8 Å². The molecule has 0 saturated heterocycles. The molecule has 0 bridgehead atoms. The summed E-state index contributed by atoms with van der Waals surface area (Å²) in [6.45, 7) is 1.89. The highest BCUT2D eigenvalue weighted by molar-refractivity contribution is 9.10. The summed E-state index contributed by atoms with van der Waals surface area (Å²) >= 11 is 3.57. The number of hydrogen-bond acceptors (Lipinski definition) is 4. The number of halogens is 2. The van der Waals surface area contributed by atoms with Crippen LogP contribution in [0.4, 0.5) is 10.1 Å². The van der Waals surface area contributed by atoms with E-state index in [1.54, 1.807) is 18.2 Å². The lowest BCUT2D eigenvalue weighted by Crippen LogP contribution is -2.14. The maximum atomic E-state index is 13.2. The first-order valence-corrected chi connectivity index (χ1v) is 10.9. The molecule has 5 rings (SSSR count). The van der Waals surface area contributed by atoms with E-state index in [-0.39, 0.29) is 11.7 Å². The third-order valence-corrected chi connectivity index (χ3v) is 6.21. The lowest BCUT2D eigenvalue weighted by Gasteiger charge is -2.14. The second-order valence-electron chi connectivity index (χ2n) is 7.57. The van der Waals surface area contributed by atoms with E-state index in [9.17, 15) is 9.18 Å². The summed E-state index contributed by atoms with van der Waals surface area (Å²) < 4.78 is 19.5. The van der Waals surface area contributed by atoms with Crippen LogP contribution < -0.4 is 10.1 Å². The van der Waals surface area contributed by atoms with Gasteiger partial charge in [-0.3, -0.25) is 4.79 Å². The lowest BCUT2D eigenvalue weighted by atomic mass is 10.0. The van der Waals surface area contributed by atoms with Gasteiger partial charge < -0.3 is 10.1 Å². The van der Waals surface area contributed by atoms with Crippen molar-refractivity contribution < 1.29 is 13.9 Å². The predicted molar refractivity (Wildman–Crippen MR) is 130 cm³/mol. The largest absolute Gasteiger partial charge is 0.495 e. The molecule has 1 amide bonds. The molecule has 8 heteroatoms. The first-order valence-electron chi connectivity index (χ1n) is 10.1. The molecule has 1 N–H and O–H groups in total. The van der Waals surface area contributed by atoms with Gasteiger partial charge in [0.2, 0.25) is 0 Å². The molecule has 0 aliphatic carbocycles. The Hall–Kier alpha value is -3.78. The molecular formula is C25H18BrFN4O2. The minimum absolute atomic E-state index is 0.299. The van der Waals surface area contributed by atoms with Crippen LogP contribution in [0.2, 0.25) is 0 Å². The average Bonchev–Trinajstić information content (AvgIpc) is 3.22. The van der Waals surface area contributed by atoms with Crippen LogP contribution in [0.5, 0.6) is 5.75 Å². The number of carbonyl (C=O) groups excluding carboxylic acids is 1. The number of methoxy groups -OCH3 is 1. The summed E-state index contributed by atoms with van der Waals surface area (Å²) in [6.07, 6.45) is 0. The Morgan fingerprint density at radius 2 is 1.73 bits per heavy atom. The number of aryl methyl sites for hydroxylation is 1. The van der Waals surface area contributed by atoms with Crippen molar-refractivity contribution in [3.8, 4) is 11.4 Å². The topological polar surface area (TPSA) is 69.0 Å². The third-order valence-electron chi connectivity index (χ3n) is 5.42. The van der Waals surface area contributed by atoms with Crippen LogP contribution in [-0.4, -0.2) is 28.0 Å². The van der Waals surface area contributed by atoms with Crippen LogP contribution in [0.15, 0.2) is 71.2 Å². The van der Waals surface area contributed by atoms with Gasteiger partial charge in [0.05, 0.1) is 22.8 Å². The van der Waals surface area contributed by atoms with Gasteiger partial charge in [0.15, 0.2) is 0 Å². The summed E-state index contributed by atoms with van der Waals surface area (Å²) in [5.41, 5.74) is 3.78. The van der Waals surface area contributed by atoms with Gasteiger partial charge in [0.1, 0.15) is 22.6 Å². The highest BCUT2D eigenvalue weighted by Crippen LogP contribution is 2.37. The van der Waals surface area contributed by atoms with E-state index in [1.165, 1.54) is 24.0 Å². The number of nitrogens with zero attached hydrogens (tertiary/aromatic N) is 3. The van der Waals surface area contributed by atoms with E-state index >= 15 is 0 Å². The van der Waals surface area contributed by atoms with Gasteiger partial charge >= 0.3 is 0 Å². The van der Waals surface area contributed by atoms with Crippen molar-refractivity contribution in [1.82, 2.24) is 15.0 Å².